The van der Waals surface area contributed by atoms with Gasteiger partial charge in [-0.1, -0.05) is 139 Å². The van der Waals surface area contributed by atoms with Crippen LogP contribution < -0.4 is 0 Å². The van der Waals surface area contributed by atoms with Crippen LogP contribution in [0.3, 0.4) is 0 Å². The van der Waals surface area contributed by atoms with Crippen LogP contribution in [-0.2, 0) is 20.6 Å². The summed E-state index contributed by atoms with van der Waals surface area (Å²) in [5, 5.41) is 0. The van der Waals surface area contributed by atoms with Gasteiger partial charge in [-0.25, -0.2) is 0 Å². The van der Waals surface area contributed by atoms with Gasteiger partial charge in [-0.3, -0.25) is 0 Å². The summed E-state index contributed by atoms with van der Waals surface area (Å²) in [5.41, 5.74) is 2.83. The summed E-state index contributed by atoms with van der Waals surface area (Å²) in [6.45, 7) is 13.3. The molecule has 0 spiro atoms. The zero-order valence-corrected chi connectivity index (χ0v) is 27.2. The molecule has 2 unspecified atom stereocenters. The van der Waals surface area contributed by atoms with Crippen LogP contribution in [-0.4, -0.2) is 25.8 Å². The molecule has 4 heteroatoms. The van der Waals surface area contributed by atoms with Gasteiger partial charge in [-0.15, -0.1) is 0 Å². The van der Waals surface area contributed by atoms with Crippen molar-refractivity contribution in [1.29, 1.82) is 0 Å². The van der Waals surface area contributed by atoms with Crippen molar-refractivity contribution in [3.63, 3.8) is 0 Å². The third kappa shape index (κ3) is 14.7. The van der Waals surface area contributed by atoms with Gasteiger partial charge in [0, 0.05) is 9.84 Å². The standard InChI is InChI=1S/C33H59IO3/c1-6-11-15-16-17-18-19-31(25-22-29-20-23-30(24-21-29)32(34)10-5)33(35-26-12-7-2,36-27-13-8-3)37-28-14-9-4/h20-21,23-24,31-32H,6-19,22,25-28H2,1-5H3. The summed E-state index contributed by atoms with van der Waals surface area (Å²) < 4.78 is 20.5. The van der Waals surface area contributed by atoms with E-state index in [4.69, 9.17) is 14.2 Å². The lowest BCUT2D eigenvalue weighted by atomic mass is 9.90. The summed E-state index contributed by atoms with van der Waals surface area (Å²) in [7, 11) is 0. The van der Waals surface area contributed by atoms with Gasteiger partial charge in [0.05, 0.1) is 19.8 Å². The number of unbranched alkanes of at least 4 members (excludes halogenated alkanes) is 8. The number of rotatable bonds is 25. The molecule has 1 rings (SSSR count). The lowest BCUT2D eigenvalue weighted by Gasteiger charge is -2.40. The Labute approximate surface area is 244 Å². The fourth-order valence-corrected chi connectivity index (χ4v) is 5.11. The Bertz CT molecular complexity index is 606. The minimum atomic E-state index is -0.918. The number of aryl methyl sites for hydroxylation is 1. The molecule has 0 saturated heterocycles. The molecule has 3 nitrogen and oxygen atoms in total. The van der Waals surface area contributed by atoms with E-state index >= 15 is 0 Å². The number of halogens is 1. The maximum absolute atomic E-state index is 6.63. The second-order valence-electron chi connectivity index (χ2n) is 10.6. The first kappa shape index (κ1) is 34.9. The summed E-state index contributed by atoms with van der Waals surface area (Å²) in [5.74, 6) is -0.685. The Morgan fingerprint density at radius 2 is 1.11 bits per heavy atom. The number of alkyl halides is 1. The van der Waals surface area contributed by atoms with E-state index in [-0.39, 0.29) is 5.92 Å². The van der Waals surface area contributed by atoms with Crippen LogP contribution >= 0.6 is 22.6 Å². The molecule has 0 aliphatic carbocycles. The third-order valence-corrected chi connectivity index (χ3v) is 8.89. The lowest BCUT2D eigenvalue weighted by molar-refractivity contribution is -0.407. The van der Waals surface area contributed by atoms with E-state index in [1.54, 1.807) is 0 Å². The molecule has 0 aliphatic heterocycles. The molecule has 37 heavy (non-hydrogen) atoms. The second-order valence-corrected chi connectivity index (χ2v) is 12.1. The highest BCUT2D eigenvalue weighted by atomic mass is 127. The van der Waals surface area contributed by atoms with Crippen molar-refractivity contribution >= 4 is 22.6 Å². The SMILES string of the molecule is CCCCCCCCC(CCc1ccc(C(I)CC)cc1)C(OCCCC)(OCCCC)OCCCC. The van der Waals surface area contributed by atoms with Gasteiger partial charge in [0.2, 0.25) is 0 Å². The zero-order chi connectivity index (χ0) is 27.2. The monoisotopic (exact) mass is 630 g/mol. The normalized spacial score (nSPS) is 13.7. The first-order chi connectivity index (χ1) is 18.1. The van der Waals surface area contributed by atoms with Gasteiger partial charge in [0.25, 0.3) is 5.97 Å². The summed E-state index contributed by atoms with van der Waals surface area (Å²) >= 11 is 2.55. The van der Waals surface area contributed by atoms with Crippen molar-refractivity contribution in [3.05, 3.63) is 35.4 Å². The van der Waals surface area contributed by atoms with E-state index in [2.05, 4.69) is 81.5 Å². The molecule has 1 aromatic carbocycles. The maximum atomic E-state index is 6.63. The highest BCUT2D eigenvalue weighted by Gasteiger charge is 2.42. The van der Waals surface area contributed by atoms with Crippen molar-refractivity contribution in [1.82, 2.24) is 0 Å². The number of hydrogen-bond donors (Lipinski definition) is 0. The van der Waals surface area contributed by atoms with Gasteiger partial charge < -0.3 is 14.2 Å². The van der Waals surface area contributed by atoms with Crippen LogP contribution in [0.5, 0.6) is 0 Å². The molecule has 0 N–H and O–H groups in total. The summed E-state index contributed by atoms with van der Waals surface area (Å²) in [4.78, 5) is 0. The Morgan fingerprint density at radius 3 is 1.59 bits per heavy atom. The van der Waals surface area contributed by atoms with E-state index in [1.165, 1.54) is 56.1 Å². The van der Waals surface area contributed by atoms with Crippen LogP contribution in [0.1, 0.15) is 146 Å². The smallest absolute Gasteiger partial charge is 0.285 e. The van der Waals surface area contributed by atoms with Crippen LogP contribution in [0, 0.1) is 5.92 Å². The minimum absolute atomic E-state index is 0.233. The van der Waals surface area contributed by atoms with Gasteiger partial charge in [0.15, 0.2) is 0 Å². The van der Waals surface area contributed by atoms with Gasteiger partial charge in [-0.2, -0.15) is 0 Å². The van der Waals surface area contributed by atoms with Crippen molar-refractivity contribution in [3.8, 4) is 0 Å². The molecule has 0 aromatic heterocycles. The van der Waals surface area contributed by atoms with Crippen molar-refractivity contribution < 1.29 is 14.2 Å². The molecule has 216 valence electrons. The fraction of sp³-hybridized carbons (Fsp3) is 0.818. The molecule has 0 heterocycles. The molecule has 2 atom stereocenters. The first-order valence-electron chi connectivity index (χ1n) is 15.7. The minimum Gasteiger partial charge on any atom is -0.327 e. The van der Waals surface area contributed by atoms with Crippen LogP contribution in [0.2, 0.25) is 0 Å². The highest BCUT2D eigenvalue weighted by Crippen LogP contribution is 2.35. The Kier molecular flexibility index (Phi) is 21.3. The number of hydrogen-bond acceptors (Lipinski definition) is 3. The van der Waals surface area contributed by atoms with E-state index in [0.717, 1.165) is 57.8 Å². The van der Waals surface area contributed by atoms with Crippen molar-refractivity contribution in [2.24, 2.45) is 5.92 Å². The number of benzene rings is 1. The zero-order valence-electron chi connectivity index (χ0n) is 25.0. The topological polar surface area (TPSA) is 27.7 Å². The molecule has 1 aromatic rings. The lowest BCUT2D eigenvalue weighted by Crippen LogP contribution is -2.47. The van der Waals surface area contributed by atoms with Crippen LogP contribution in [0.25, 0.3) is 0 Å². The average Bonchev–Trinajstić information content (AvgIpc) is 2.92. The van der Waals surface area contributed by atoms with E-state index in [1.807, 2.05) is 0 Å². The first-order valence-corrected chi connectivity index (χ1v) is 17.0. The van der Waals surface area contributed by atoms with Gasteiger partial charge >= 0.3 is 0 Å². The Balaban J connectivity index is 3.08. The summed E-state index contributed by atoms with van der Waals surface area (Å²) in [6, 6.07) is 9.29. The summed E-state index contributed by atoms with van der Waals surface area (Å²) in [6.07, 6.45) is 18.6. The van der Waals surface area contributed by atoms with Crippen LogP contribution in [0.15, 0.2) is 24.3 Å². The van der Waals surface area contributed by atoms with E-state index in [9.17, 15) is 0 Å². The predicted molar refractivity (Wildman–Crippen MR) is 169 cm³/mol. The van der Waals surface area contributed by atoms with Crippen molar-refractivity contribution in [2.45, 2.75) is 147 Å². The second kappa shape index (κ2) is 22.6. The van der Waals surface area contributed by atoms with Crippen LogP contribution in [0.4, 0.5) is 0 Å². The third-order valence-electron chi connectivity index (χ3n) is 7.29. The molecule has 0 aliphatic rings. The molecule has 0 fully saturated rings. The molecular formula is C33H59IO3. The highest BCUT2D eigenvalue weighted by molar-refractivity contribution is 14.1. The maximum Gasteiger partial charge on any atom is 0.285 e. The quantitative estimate of drug-likeness (QED) is 0.0466. The Hall–Kier alpha value is -0.170. The molecular weight excluding hydrogens is 571 g/mol. The Morgan fingerprint density at radius 1 is 0.622 bits per heavy atom. The average molecular weight is 631 g/mol. The largest absolute Gasteiger partial charge is 0.327 e. The van der Waals surface area contributed by atoms with Gasteiger partial charge in [-0.05, 0) is 56.1 Å². The predicted octanol–water partition coefficient (Wildman–Crippen LogP) is 11.0. The number of ether oxygens (including phenoxy) is 3. The van der Waals surface area contributed by atoms with E-state index < -0.39 is 5.97 Å². The molecule has 0 saturated carbocycles. The molecule has 0 amide bonds. The van der Waals surface area contributed by atoms with E-state index in [0.29, 0.717) is 23.7 Å². The van der Waals surface area contributed by atoms with Crippen molar-refractivity contribution in [2.75, 3.05) is 19.8 Å². The fourth-order valence-electron chi connectivity index (χ4n) is 4.69. The molecule has 0 radical (unpaired) electrons. The van der Waals surface area contributed by atoms with Gasteiger partial charge in [0.1, 0.15) is 0 Å². The molecule has 0 bridgehead atoms.